The van der Waals surface area contributed by atoms with E-state index in [1.807, 2.05) is 49.4 Å². The lowest BCUT2D eigenvalue weighted by Gasteiger charge is -2.29. The quantitative estimate of drug-likeness (QED) is 0.283. The summed E-state index contributed by atoms with van der Waals surface area (Å²) >= 11 is 16.4. The number of hydrogen-bond donors (Lipinski definition) is 1. The molecule has 0 bridgehead atoms. The van der Waals surface area contributed by atoms with Gasteiger partial charge in [-0.1, -0.05) is 35.3 Å². The second-order valence-corrected chi connectivity index (χ2v) is 10.0. The lowest BCUT2D eigenvalue weighted by atomic mass is 10.1. The molecule has 3 aromatic rings. The van der Waals surface area contributed by atoms with Crippen molar-refractivity contribution in [2.45, 2.75) is 39.3 Å². The molecule has 1 heterocycles. The maximum Gasteiger partial charge on any atom is 0.175 e. The molecule has 1 aliphatic heterocycles. The zero-order valence-corrected chi connectivity index (χ0v) is 22.3. The van der Waals surface area contributed by atoms with Crippen molar-refractivity contribution >= 4 is 50.5 Å². The highest BCUT2D eigenvalue weighted by molar-refractivity contribution is 9.10. The number of ether oxygens (including phenoxy) is 2. The van der Waals surface area contributed by atoms with Crippen LogP contribution in [-0.2, 0) is 13.2 Å². The van der Waals surface area contributed by atoms with Gasteiger partial charge in [0.15, 0.2) is 11.5 Å². The van der Waals surface area contributed by atoms with Gasteiger partial charge in [-0.15, -0.1) is 0 Å². The van der Waals surface area contributed by atoms with Gasteiger partial charge in [-0.05, 0) is 95.7 Å². The molecule has 0 amide bonds. The van der Waals surface area contributed by atoms with Crippen LogP contribution in [0.25, 0.3) is 0 Å². The minimum Gasteiger partial charge on any atom is -0.490 e. The number of nitrogens with zero attached hydrogens (tertiary/aromatic N) is 1. The van der Waals surface area contributed by atoms with Gasteiger partial charge in [-0.25, -0.2) is 0 Å². The molecule has 0 spiro atoms. The molecule has 0 unspecified atom stereocenters. The summed E-state index contributed by atoms with van der Waals surface area (Å²) in [5.41, 5.74) is 4.18. The van der Waals surface area contributed by atoms with Crippen LogP contribution in [0.15, 0.2) is 59.1 Å². The van der Waals surface area contributed by atoms with Crippen molar-refractivity contribution in [1.29, 1.82) is 0 Å². The molecule has 4 nitrogen and oxygen atoms in total. The Kier molecular flexibility index (Phi) is 8.87. The number of anilines is 2. The lowest BCUT2D eigenvalue weighted by molar-refractivity contribution is 0.267. The minimum atomic E-state index is 0.401. The molecule has 1 aliphatic rings. The van der Waals surface area contributed by atoms with E-state index in [-0.39, 0.29) is 0 Å². The average molecular weight is 564 g/mol. The van der Waals surface area contributed by atoms with Crippen LogP contribution in [-0.4, -0.2) is 19.7 Å². The molecular formula is C27H29BrCl2N2O2. The molecule has 3 aromatic carbocycles. The topological polar surface area (TPSA) is 33.7 Å². The Morgan fingerprint density at radius 2 is 1.76 bits per heavy atom. The van der Waals surface area contributed by atoms with Crippen LogP contribution in [0.5, 0.6) is 11.5 Å². The van der Waals surface area contributed by atoms with Gasteiger partial charge >= 0.3 is 0 Å². The second-order valence-electron chi connectivity index (χ2n) is 8.32. The molecule has 0 atom stereocenters. The number of nitrogens with one attached hydrogen (secondary N) is 1. The van der Waals surface area contributed by atoms with Crippen LogP contribution in [0.2, 0.25) is 10.0 Å². The molecule has 1 N–H and O–H groups in total. The third-order valence-electron chi connectivity index (χ3n) is 5.78. The smallest absolute Gasteiger partial charge is 0.175 e. The highest BCUT2D eigenvalue weighted by Gasteiger charge is 2.15. The van der Waals surface area contributed by atoms with Crippen molar-refractivity contribution in [3.05, 3.63) is 80.2 Å². The first-order chi connectivity index (χ1) is 16.5. The summed E-state index contributed by atoms with van der Waals surface area (Å²) in [6.45, 7) is 5.69. The van der Waals surface area contributed by atoms with Crippen molar-refractivity contribution in [1.82, 2.24) is 0 Å². The first kappa shape index (κ1) is 25.0. The summed E-state index contributed by atoms with van der Waals surface area (Å²) in [5, 5.41) is 4.95. The van der Waals surface area contributed by atoms with Crippen LogP contribution in [0.3, 0.4) is 0 Å². The first-order valence-electron chi connectivity index (χ1n) is 11.6. The molecule has 7 heteroatoms. The van der Waals surface area contributed by atoms with Gasteiger partial charge in [0, 0.05) is 30.3 Å². The summed E-state index contributed by atoms with van der Waals surface area (Å²) < 4.78 is 12.8. The van der Waals surface area contributed by atoms with Gasteiger partial charge in [-0.3, -0.25) is 0 Å². The first-order valence-corrected chi connectivity index (χ1v) is 13.2. The maximum atomic E-state index is 6.62. The van der Waals surface area contributed by atoms with Gasteiger partial charge < -0.3 is 19.7 Å². The number of hydrogen-bond acceptors (Lipinski definition) is 4. The van der Waals surface area contributed by atoms with Gasteiger partial charge in [-0.2, -0.15) is 0 Å². The Labute approximate surface area is 220 Å². The van der Waals surface area contributed by atoms with E-state index in [0.717, 1.165) is 45.1 Å². The fourth-order valence-electron chi connectivity index (χ4n) is 4.12. The van der Waals surface area contributed by atoms with E-state index in [1.165, 1.54) is 19.3 Å². The molecule has 0 aliphatic carbocycles. The third-order valence-corrected chi connectivity index (χ3v) is 6.91. The van der Waals surface area contributed by atoms with Crippen LogP contribution < -0.4 is 19.7 Å². The van der Waals surface area contributed by atoms with Crippen molar-refractivity contribution < 1.29 is 9.47 Å². The third kappa shape index (κ3) is 6.53. The Bertz CT molecular complexity index is 1120. The van der Waals surface area contributed by atoms with Gasteiger partial charge in [0.2, 0.25) is 0 Å². The van der Waals surface area contributed by atoms with Crippen molar-refractivity contribution in [3.8, 4) is 11.5 Å². The molecule has 0 radical (unpaired) electrons. The Morgan fingerprint density at radius 1 is 0.941 bits per heavy atom. The van der Waals surface area contributed by atoms with Gasteiger partial charge in [0.1, 0.15) is 6.61 Å². The summed E-state index contributed by atoms with van der Waals surface area (Å²) in [6, 6.07) is 17.9. The van der Waals surface area contributed by atoms with E-state index < -0.39 is 0 Å². The molecule has 1 saturated heterocycles. The zero-order chi connectivity index (χ0) is 23.9. The van der Waals surface area contributed by atoms with Crippen LogP contribution in [0.4, 0.5) is 11.4 Å². The fraction of sp³-hybridized carbons (Fsp3) is 0.333. The fourth-order valence-corrected chi connectivity index (χ4v) is 5.24. The molecule has 34 heavy (non-hydrogen) atoms. The van der Waals surface area contributed by atoms with Crippen molar-refractivity contribution in [2.75, 3.05) is 29.9 Å². The number of piperidine rings is 1. The number of rotatable bonds is 9. The van der Waals surface area contributed by atoms with Crippen LogP contribution in [0, 0.1) is 0 Å². The molecule has 1 fully saturated rings. The van der Waals surface area contributed by atoms with Crippen molar-refractivity contribution in [2.24, 2.45) is 0 Å². The van der Waals surface area contributed by atoms with E-state index in [2.05, 4.69) is 38.3 Å². The number of benzene rings is 3. The molecule has 180 valence electrons. The average Bonchev–Trinajstić information content (AvgIpc) is 2.83. The van der Waals surface area contributed by atoms with E-state index in [9.17, 15) is 0 Å². The van der Waals surface area contributed by atoms with Gasteiger partial charge in [0.05, 0.1) is 21.8 Å². The molecule has 0 aromatic heterocycles. The highest BCUT2D eigenvalue weighted by atomic mass is 79.9. The number of halogens is 3. The normalized spacial score (nSPS) is 13.6. The predicted molar refractivity (Wildman–Crippen MR) is 146 cm³/mol. The second kappa shape index (κ2) is 12.1. The molecule has 0 saturated carbocycles. The monoisotopic (exact) mass is 562 g/mol. The summed E-state index contributed by atoms with van der Waals surface area (Å²) in [5.74, 6) is 1.38. The van der Waals surface area contributed by atoms with E-state index >= 15 is 0 Å². The largest absolute Gasteiger partial charge is 0.490 e. The van der Waals surface area contributed by atoms with Gasteiger partial charge in [0.25, 0.3) is 0 Å². The predicted octanol–water partition coefficient (Wildman–Crippen LogP) is 8.34. The van der Waals surface area contributed by atoms with E-state index in [4.69, 9.17) is 32.7 Å². The standard InChI is InChI=1S/C27H29BrCl2N2O2/c1-2-33-26-15-20(14-23(28)27(26)34-18-19-7-6-8-21(29)13-19)17-31-22-9-10-25(24(30)16-22)32-11-4-3-5-12-32/h6-10,13-16,31H,2-5,11-12,17-18H2,1H3. The summed E-state index contributed by atoms with van der Waals surface area (Å²) in [4.78, 5) is 2.38. The van der Waals surface area contributed by atoms with Crippen LogP contribution >= 0.6 is 39.1 Å². The van der Waals surface area contributed by atoms with Crippen molar-refractivity contribution in [3.63, 3.8) is 0 Å². The summed E-state index contributed by atoms with van der Waals surface area (Å²) in [7, 11) is 0. The highest BCUT2D eigenvalue weighted by Crippen LogP contribution is 2.38. The SMILES string of the molecule is CCOc1cc(CNc2ccc(N3CCCCC3)c(Cl)c2)cc(Br)c1OCc1cccc(Cl)c1. The zero-order valence-electron chi connectivity index (χ0n) is 19.3. The Balaban J connectivity index is 1.44. The Hall–Kier alpha value is -2.08. The van der Waals surface area contributed by atoms with E-state index in [1.54, 1.807) is 0 Å². The van der Waals surface area contributed by atoms with E-state index in [0.29, 0.717) is 36.3 Å². The summed E-state index contributed by atoms with van der Waals surface area (Å²) in [6.07, 6.45) is 3.76. The maximum absolute atomic E-state index is 6.62. The minimum absolute atomic E-state index is 0.401. The Morgan fingerprint density at radius 3 is 2.50 bits per heavy atom. The molecular weight excluding hydrogens is 535 g/mol. The van der Waals surface area contributed by atoms with Crippen LogP contribution in [0.1, 0.15) is 37.3 Å². The lowest BCUT2D eigenvalue weighted by Crippen LogP contribution is -2.29. The molecule has 4 rings (SSSR count).